The summed E-state index contributed by atoms with van der Waals surface area (Å²) < 4.78 is 10.3. The maximum Gasteiger partial charge on any atom is 0.310 e. The van der Waals surface area contributed by atoms with Gasteiger partial charge in [0.15, 0.2) is 11.6 Å². The van der Waals surface area contributed by atoms with E-state index in [1.54, 1.807) is 4.90 Å². The third-order valence-electron chi connectivity index (χ3n) is 16.7. The first-order valence-electron chi connectivity index (χ1n) is 27.4. The molecule has 0 unspecified atom stereocenters. The van der Waals surface area contributed by atoms with Gasteiger partial charge in [0, 0.05) is 57.2 Å². The Balaban J connectivity index is 0.000000169. The van der Waals surface area contributed by atoms with Gasteiger partial charge in [0.2, 0.25) is 17.1 Å². The summed E-state index contributed by atoms with van der Waals surface area (Å²) in [5.41, 5.74) is 1.80. The summed E-state index contributed by atoms with van der Waals surface area (Å²) in [7, 11) is 0. The number of rotatable bonds is 6. The predicted molar refractivity (Wildman–Crippen MR) is 285 cm³/mol. The zero-order chi connectivity index (χ0) is 53.6. The van der Waals surface area contributed by atoms with Crippen molar-refractivity contribution in [1.82, 2.24) is 28.9 Å². The van der Waals surface area contributed by atoms with Gasteiger partial charge in [0.25, 0.3) is 6.01 Å². The number of hydrogen-bond acceptors (Lipinski definition) is 10. The molecule has 75 heavy (non-hydrogen) atoms. The normalized spacial score (nSPS) is 31.3. The van der Waals surface area contributed by atoms with E-state index >= 15 is 0 Å². The standard InChI is InChI=1S/C29H37N3O5.C20H29NO5.C9H9ClN2/c1-3-31-23-14-10-9-13-22(23)30-28(31)37-21-15-24-25(33)17-29(27(35)36)16-20(29)12-8-6-4-5-7-11-19(2)26(34)32(24)18-21;1-13-7-5-3-2-4-6-8-14-10-20(14,19(25)26)11-17(23)16-9-15(22)12-21(16)18(13)24;1-2-12-8-6-4-3-5-7(8)11-9(12)10/h8-10,12-14,19-21,24H,3-7,11,15-18H2,1-2H3,(H,35,36);6,8,13-16,22H,2-5,7,9-12H2,1H3,(H,25,26);3-6H,2H2,1H3/b12-8-;8-6-;/t19-,20+,21+,24-,29+;13-,14+,15+,16-,20+;/m00./s1. The monoisotopic (exact) mass is 1050 g/mol. The summed E-state index contributed by atoms with van der Waals surface area (Å²) in [5, 5.41) is 30.3. The van der Waals surface area contributed by atoms with Crippen LogP contribution in [0.2, 0.25) is 5.28 Å². The molecule has 2 aromatic carbocycles. The number of aliphatic carboxylic acids is 2. The number of aryl methyl sites for hydroxylation is 2. The van der Waals surface area contributed by atoms with E-state index in [0.29, 0.717) is 43.6 Å². The van der Waals surface area contributed by atoms with Gasteiger partial charge >= 0.3 is 11.9 Å². The molecule has 17 heteroatoms. The van der Waals surface area contributed by atoms with Crippen LogP contribution in [-0.2, 0) is 41.9 Å². The number of carboxylic acids is 2. The zero-order valence-corrected chi connectivity index (χ0v) is 44.7. The number of ether oxygens (including phenoxy) is 1. The third-order valence-corrected chi connectivity index (χ3v) is 17.0. The van der Waals surface area contributed by atoms with E-state index in [1.807, 2.05) is 96.7 Å². The summed E-state index contributed by atoms with van der Waals surface area (Å²) in [6.07, 6.45) is 17.7. The SMILES string of the molecule is CCn1c(Cl)nc2ccccc21.CCn1c(O[C@@H]2C[C@H]3C(=O)C[C@]4(C(=O)O)C[C@H]4/C=C\CCCCC[C@H](C)C(=O)N3C2)nc2ccccc21.C[C@H]1CCCCC/C=C\[C@@H]2C[C@@]2(C(=O)O)CC(=O)[C@@H]2C[C@@H](O)CN2C1=O. The van der Waals surface area contributed by atoms with Crippen LogP contribution >= 0.6 is 11.6 Å². The number of hydrogen-bond donors (Lipinski definition) is 3. The molecule has 4 fully saturated rings. The van der Waals surface area contributed by atoms with Crippen LogP contribution in [0, 0.1) is 34.5 Å². The van der Waals surface area contributed by atoms with Crippen LogP contribution in [0.25, 0.3) is 22.1 Å². The minimum absolute atomic E-state index is 0.0434. The summed E-state index contributed by atoms with van der Waals surface area (Å²) >= 11 is 5.92. The minimum Gasteiger partial charge on any atom is -0.481 e. The number of para-hydroxylation sites is 4. The van der Waals surface area contributed by atoms with Crippen LogP contribution in [-0.4, -0.2) is 117 Å². The highest BCUT2D eigenvalue weighted by atomic mass is 35.5. The van der Waals surface area contributed by atoms with Gasteiger partial charge in [0.1, 0.15) is 6.10 Å². The Morgan fingerprint density at radius 2 is 1.15 bits per heavy atom. The van der Waals surface area contributed by atoms with E-state index in [9.17, 15) is 44.1 Å². The largest absolute Gasteiger partial charge is 0.481 e. The molecular weight excluding hydrogens is 976 g/mol. The van der Waals surface area contributed by atoms with E-state index in [1.165, 1.54) is 4.90 Å². The molecule has 6 aliphatic rings. The van der Waals surface area contributed by atoms with Crippen molar-refractivity contribution in [3.8, 4) is 6.01 Å². The van der Waals surface area contributed by atoms with Gasteiger partial charge in [-0.2, -0.15) is 4.98 Å². The fourth-order valence-corrected chi connectivity index (χ4v) is 12.2. The first kappa shape index (κ1) is 55.4. The highest BCUT2D eigenvalue weighted by Gasteiger charge is 2.62. The smallest absolute Gasteiger partial charge is 0.310 e. The Labute approximate surface area is 444 Å². The lowest BCUT2D eigenvalue weighted by molar-refractivity contribution is -0.148. The van der Waals surface area contributed by atoms with Gasteiger partial charge in [-0.1, -0.05) is 88.1 Å². The molecule has 4 aromatic rings. The quantitative estimate of drug-likeness (QED) is 0.154. The molecule has 16 nitrogen and oxygen atoms in total. The minimum atomic E-state index is -1.05. The molecule has 404 valence electrons. The number of halogens is 1. The number of imidazole rings is 2. The molecule has 4 aliphatic heterocycles. The van der Waals surface area contributed by atoms with E-state index in [2.05, 4.69) is 23.0 Å². The van der Waals surface area contributed by atoms with Crippen molar-refractivity contribution in [2.45, 2.75) is 168 Å². The summed E-state index contributed by atoms with van der Waals surface area (Å²) in [5.74, 6) is -3.01. The molecule has 6 heterocycles. The molecule has 10 atom stereocenters. The highest BCUT2D eigenvalue weighted by Crippen LogP contribution is 2.58. The number of nitrogens with zero attached hydrogens (tertiary/aromatic N) is 6. The van der Waals surface area contributed by atoms with Crippen molar-refractivity contribution in [3.63, 3.8) is 0 Å². The Morgan fingerprint density at radius 3 is 1.67 bits per heavy atom. The molecule has 2 aliphatic carbocycles. The van der Waals surface area contributed by atoms with Gasteiger partial charge < -0.3 is 34.4 Å². The van der Waals surface area contributed by atoms with Crippen molar-refractivity contribution in [2.75, 3.05) is 13.1 Å². The van der Waals surface area contributed by atoms with E-state index in [-0.39, 0.29) is 79.0 Å². The van der Waals surface area contributed by atoms with Crippen molar-refractivity contribution < 1.29 is 48.8 Å². The second-order valence-corrected chi connectivity index (χ2v) is 22.2. The number of carbonyl (C=O) groups excluding carboxylic acids is 4. The number of amides is 2. The molecule has 3 N–H and O–H groups in total. The van der Waals surface area contributed by atoms with Gasteiger partial charge in [-0.3, -0.25) is 33.3 Å². The Morgan fingerprint density at radius 1 is 0.667 bits per heavy atom. The van der Waals surface area contributed by atoms with Crippen LogP contribution in [0.15, 0.2) is 72.8 Å². The van der Waals surface area contributed by atoms with Gasteiger partial charge in [-0.05, 0) is 113 Å². The van der Waals surface area contributed by atoms with Crippen LogP contribution < -0.4 is 4.74 Å². The van der Waals surface area contributed by atoms with Crippen LogP contribution in [0.1, 0.15) is 130 Å². The highest BCUT2D eigenvalue weighted by molar-refractivity contribution is 6.29. The average molecular weight is 1050 g/mol. The number of fused-ring (bicyclic) bond motifs is 6. The first-order chi connectivity index (χ1) is 36.0. The molecule has 0 radical (unpaired) electrons. The lowest BCUT2D eigenvalue weighted by atomic mass is 9.91. The molecular formula is C58H75ClN6O10. The van der Waals surface area contributed by atoms with E-state index < -0.39 is 41.0 Å². The van der Waals surface area contributed by atoms with E-state index in [0.717, 1.165) is 92.8 Å². The second kappa shape index (κ2) is 24.0. The van der Waals surface area contributed by atoms with Crippen molar-refractivity contribution >= 4 is 69.0 Å². The zero-order valence-electron chi connectivity index (χ0n) is 43.9. The first-order valence-corrected chi connectivity index (χ1v) is 27.8. The fraction of sp³-hybridized carbons (Fsp3) is 0.586. The number of allylic oxidation sites excluding steroid dienone is 4. The van der Waals surface area contributed by atoms with Crippen molar-refractivity contribution in [1.29, 1.82) is 0 Å². The lowest BCUT2D eigenvalue weighted by Gasteiger charge is -2.27. The number of aliphatic hydroxyl groups is 1. The van der Waals surface area contributed by atoms with Gasteiger partial charge in [-0.15, -0.1) is 0 Å². The summed E-state index contributed by atoms with van der Waals surface area (Å²) in [6.45, 7) is 9.91. The molecule has 2 saturated carbocycles. The average Bonchev–Trinajstić information content (AvgIpc) is 3.94. The number of benzene rings is 2. The summed E-state index contributed by atoms with van der Waals surface area (Å²) in [6, 6.07) is 14.9. The molecule has 2 aromatic heterocycles. The lowest BCUT2D eigenvalue weighted by Crippen LogP contribution is -2.44. The Bertz CT molecular complexity index is 2800. The Hall–Kier alpha value is -5.87. The van der Waals surface area contributed by atoms with Crippen LogP contribution in [0.5, 0.6) is 6.01 Å². The molecule has 0 spiro atoms. The maximum absolute atomic E-state index is 13.6. The molecule has 0 bridgehead atoms. The molecule has 10 rings (SSSR count). The van der Waals surface area contributed by atoms with Crippen molar-refractivity contribution in [3.05, 3.63) is 78.1 Å². The van der Waals surface area contributed by atoms with Crippen LogP contribution in [0.3, 0.4) is 0 Å². The van der Waals surface area contributed by atoms with E-state index in [4.69, 9.17) is 16.3 Å². The summed E-state index contributed by atoms with van der Waals surface area (Å²) in [4.78, 5) is 88.9. The maximum atomic E-state index is 13.6. The number of carbonyl (C=O) groups is 6. The number of ketones is 2. The van der Waals surface area contributed by atoms with Crippen molar-refractivity contribution in [2.24, 2.45) is 34.5 Å². The number of carboxylic acid groups (broad SMARTS) is 2. The molecule has 2 saturated heterocycles. The Kier molecular flexibility index (Phi) is 17.7. The topological polar surface area (TPSA) is 214 Å². The molecule has 2 amide bonds. The number of aliphatic hydroxyl groups excluding tert-OH is 1. The van der Waals surface area contributed by atoms with Gasteiger partial charge in [0.05, 0.1) is 57.6 Å². The van der Waals surface area contributed by atoms with Gasteiger partial charge in [-0.25, -0.2) is 4.98 Å². The second-order valence-electron chi connectivity index (χ2n) is 21.9. The third kappa shape index (κ3) is 12.2. The number of Topliss-reactive ketones (excluding diaryl/α,β-unsaturated/α-hetero) is 2. The number of aromatic nitrogens is 4. The fourth-order valence-electron chi connectivity index (χ4n) is 11.9. The predicted octanol–water partition coefficient (Wildman–Crippen LogP) is 9.48. The van der Waals surface area contributed by atoms with Crippen LogP contribution in [0.4, 0.5) is 0 Å².